The van der Waals surface area contributed by atoms with Gasteiger partial charge in [-0.1, -0.05) is 29.8 Å². The maximum absolute atomic E-state index is 12.7. The summed E-state index contributed by atoms with van der Waals surface area (Å²) >= 11 is 6.15. The van der Waals surface area contributed by atoms with E-state index in [2.05, 4.69) is 10.1 Å². The Kier molecular flexibility index (Phi) is 5.91. The molecule has 1 amide bonds. The number of methoxy groups -OCH3 is 1. The van der Waals surface area contributed by atoms with Crippen molar-refractivity contribution in [2.24, 2.45) is 0 Å². The number of rotatable bonds is 5. The van der Waals surface area contributed by atoms with Crippen molar-refractivity contribution in [3.63, 3.8) is 0 Å². The second-order valence-corrected chi connectivity index (χ2v) is 6.38. The van der Waals surface area contributed by atoms with Crippen LogP contribution in [0.25, 0.3) is 0 Å². The first kappa shape index (κ1) is 19.4. The summed E-state index contributed by atoms with van der Waals surface area (Å²) in [6.07, 6.45) is 1.60. The molecular weight excluding hydrogens is 380 g/mol. The third-order valence-corrected chi connectivity index (χ3v) is 4.50. The Morgan fingerprint density at radius 2 is 1.75 bits per heavy atom. The van der Waals surface area contributed by atoms with E-state index in [0.717, 1.165) is 5.56 Å². The van der Waals surface area contributed by atoms with Crippen molar-refractivity contribution in [2.45, 2.75) is 6.54 Å². The van der Waals surface area contributed by atoms with Crippen molar-refractivity contribution >= 4 is 29.2 Å². The van der Waals surface area contributed by atoms with Crippen LogP contribution in [0.2, 0.25) is 5.02 Å². The van der Waals surface area contributed by atoms with Gasteiger partial charge in [-0.05, 0) is 48.0 Å². The Labute approximate surface area is 166 Å². The van der Waals surface area contributed by atoms with Crippen molar-refractivity contribution in [2.75, 3.05) is 12.4 Å². The van der Waals surface area contributed by atoms with Gasteiger partial charge in [0, 0.05) is 16.9 Å². The molecule has 6 nitrogen and oxygen atoms in total. The number of amides is 1. The Morgan fingerprint density at radius 3 is 2.43 bits per heavy atom. The maximum atomic E-state index is 12.7. The average molecular weight is 397 g/mol. The fourth-order valence-electron chi connectivity index (χ4n) is 2.65. The van der Waals surface area contributed by atoms with Crippen LogP contribution in [0.15, 0.2) is 71.7 Å². The fourth-order valence-corrected chi connectivity index (χ4v) is 2.85. The number of pyridine rings is 1. The number of halogens is 1. The molecule has 28 heavy (non-hydrogen) atoms. The predicted molar refractivity (Wildman–Crippen MR) is 107 cm³/mol. The van der Waals surface area contributed by atoms with E-state index in [-0.39, 0.29) is 12.1 Å². The van der Waals surface area contributed by atoms with Gasteiger partial charge in [0.15, 0.2) is 0 Å². The fraction of sp³-hybridized carbons (Fsp3) is 0.0952. The Balaban J connectivity index is 1.80. The highest BCUT2D eigenvalue weighted by Crippen LogP contribution is 2.16. The highest BCUT2D eigenvalue weighted by atomic mass is 35.5. The van der Waals surface area contributed by atoms with Crippen LogP contribution in [0.3, 0.4) is 0 Å². The van der Waals surface area contributed by atoms with Gasteiger partial charge in [-0.15, -0.1) is 0 Å². The highest BCUT2D eigenvalue weighted by molar-refractivity contribution is 6.31. The van der Waals surface area contributed by atoms with E-state index in [4.69, 9.17) is 11.6 Å². The second kappa shape index (κ2) is 8.54. The molecule has 7 heteroatoms. The SMILES string of the molecule is COC(=O)c1ccc(NC(=O)c2cccn(Cc3ccccc3Cl)c2=O)cc1. The minimum atomic E-state index is -0.538. The maximum Gasteiger partial charge on any atom is 0.337 e. The van der Waals surface area contributed by atoms with Crippen LogP contribution in [-0.4, -0.2) is 23.6 Å². The number of ether oxygens (including phenoxy) is 1. The molecule has 1 heterocycles. The molecule has 0 bridgehead atoms. The molecule has 0 aliphatic rings. The molecule has 0 unspecified atom stereocenters. The van der Waals surface area contributed by atoms with E-state index in [9.17, 15) is 14.4 Å². The molecule has 2 aromatic carbocycles. The standard InChI is InChI=1S/C21H17ClN2O4/c1-28-21(27)14-8-10-16(11-9-14)23-19(25)17-6-4-12-24(20(17)26)13-15-5-2-3-7-18(15)22/h2-12H,13H2,1H3,(H,23,25). The van der Waals surface area contributed by atoms with E-state index >= 15 is 0 Å². The largest absolute Gasteiger partial charge is 0.465 e. The lowest BCUT2D eigenvalue weighted by Crippen LogP contribution is -2.29. The smallest absolute Gasteiger partial charge is 0.337 e. The molecule has 0 aliphatic heterocycles. The molecule has 0 fully saturated rings. The first-order chi connectivity index (χ1) is 13.5. The summed E-state index contributed by atoms with van der Waals surface area (Å²) in [6, 6.07) is 16.5. The van der Waals surface area contributed by atoms with Crippen molar-refractivity contribution in [3.05, 3.63) is 98.9 Å². The van der Waals surface area contributed by atoms with Gasteiger partial charge in [-0.3, -0.25) is 9.59 Å². The lowest BCUT2D eigenvalue weighted by Gasteiger charge is -2.10. The van der Waals surface area contributed by atoms with E-state index in [1.54, 1.807) is 30.5 Å². The quantitative estimate of drug-likeness (QED) is 0.668. The lowest BCUT2D eigenvalue weighted by atomic mass is 10.2. The van der Waals surface area contributed by atoms with E-state index in [1.807, 2.05) is 18.2 Å². The van der Waals surface area contributed by atoms with Gasteiger partial charge in [0.25, 0.3) is 11.5 Å². The zero-order chi connectivity index (χ0) is 20.1. The molecular formula is C21H17ClN2O4. The number of hydrogen-bond acceptors (Lipinski definition) is 4. The Bertz CT molecular complexity index is 1070. The molecule has 1 aromatic heterocycles. The summed E-state index contributed by atoms with van der Waals surface area (Å²) in [6.45, 7) is 0.257. The third kappa shape index (κ3) is 4.29. The summed E-state index contributed by atoms with van der Waals surface area (Å²) in [5.74, 6) is -1.01. The van der Waals surface area contributed by atoms with Crippen LogP contribution in [0.5, 0.6) is 0 Å². The van der Waals surface area contributed by atoms with Crippen LogP contribution >= 0.6 is 11.6 Å². The van der Waals surface area contributed by atoms with Crippen LogP contribution < -0.4 is 10.9 Å². The Morgan fingerprint density at radius 1 is 1.04 bits per heavy atom. The number of nitrogens with zero attached hydrogens (tertiary/aromatic N) is 1. The number of hydrogen-bond donors (Lipinski definition) is 1. The topological polar surface area (TPSA) is 77.4 Å². The third-order valence-electron chi connectivity index (χ3n) is 4.13. The molecule has 0 radical (unpaired) electrons. The summed E-state index contributed by atoms with van der Waals surface area (Å²) in [7, 11) is 1.29. The number of anilines is 1. The van der Waals surface area contributed by atoms with Gasteiger partial charge in [-0.2, -0.15) is 0 Å². The van der Waals surface area contributed by atoms with Gasteiger partial charge in [-0.25, -0.2) is 4.79 Å². The van der Waals surface area contributed by atoms with Gasteiger partial charge in [0.2, 0.25) is 0 Å². The first-order valence-corrected chi connectivity index (χ1v) is 8.80. The van der Waals surface area contributed by atoms with Gasteiger partial charge < -0.3 is 14.6 Å². The van der Waals surface area contributed by atoms with Crippen molar-refractivity contribution in [3.8, 4) is 0 Å². The van der Waals surface area contributed by atoms with Crippen molar-refractivity contribution < 1.29 is 14.3 Å². The number of benzene rings is 2. The van der Waals surface area contributed by atoms with Crippen LogP contribution in [-0.2, 0) is 11.3 Å². The summed E-state index contributed by atoms with van der Waals surface area (Å²) in [5, 5.41) is 3.21. The molecule has 0 aliphatic carbocycles. The van der Waals surface area contributed by atoms with Gasteiger partial charge in [0.1, 0.15) is 5.56 Å². The molecule has 0 atom stereocenters. The zero-order valence-electron chi connectivity index (χ0n) is 15.0. The van der Waals surface area contributed by atoms with Crippen molar-refractivity contribution in [1.82, 2.24) is 4.57 Å². The molecule has 3 rings (SSSR count). The van der Waals surface area contributed by atoms with Crippen LogP contribution in [0.4, 0.5) is 5.69 Å². The average Bonchev–Trinajstić information content (AvgIpc) is 2.71. The predicted octanol–water partition coefficient (Wildman–Crippen LogP) is 3.59. The van der Waals surface area contributed by atoms with E-state index in [1.165, 1.54) is 29.9 Å². The normalized spacial score (nSPS) is 10.4. The van der Waals surface area contributed by atoms with E-state index in [0.29, 0.717) is 16.3 Å². The number of nitrogens with one attached hydrogen (secondary N) is 1. The molecule has 142 valence electrons. The minimum absolute atomic E-state index is 0.00611. The zero-order valence-corrected chi connectivity index (χ0v) is 15.8. The van der Waals surface area contributed by atoms with Crippen molar-refractivity contribution in [1.29, 1.82) is 0 Å². The molecule has 3 aromatic rings. The number of esters is 1. The summed E-state index contributed by atoms with van der Waals surface area (Å²) < 4.78 is 6.06. The monoisotopic (exact) mass is 396 g/mol. The molecule has 0 saturated carbocycles. The summed E-state index contributed by atoms with van der Waals surface area (Å²) in [4.78, 5) is 36.7. The highest BCUT2D eigenvalue weighted by Gasteiger charge is 2.14. The van der Waals surface area contributed by atoms with Crippen LogP contribution in [0, 0.1) is 0 Å². The molecule has 1 N–H and O–H groups in total. The Hall–Kier alpha value is -3.38. The first-order valence-electron chi connectivity index (χ1n) is 8.42. The van der Waals surface area contributed by atoms with Gasteiger partial charge in [0.05, 0.1) is 19.2 Å². The van der Waals surface area contributed by atoms with Gasteiger partial charge >= 0.3 is 5.97 Å². The summed E-state index contributed by atoms with van der Waals surface area (Å²) in [5.41, 5.74) is 1.18. The lowest BCUT2D eigenvalue weighted by molar-refractivity contribution is 0.0600. The van der Waals surface area contributed by atoms with E-state index < -0.39 is 17.4 Å². The van der Waals surface area contributed by atoms with Crippen LogP contribution in [0.1, 0.15) is 26.3 Å². The molecule has 0 saturated heterocycles. The second-order valence-electron chi connectivity index (χ2n) is 5.97. The number of aromatic nitrogens is 1. The molecule has 0 spiro atoms. The number of carbonyl (C=O) groups excluding carboxylic acids is 2. The number of carbonyl (C=O) groups is 2. The minimum Gasteiger partial charge on any atom is -0.465 e.